The van der Waals surface area contributed by atoms with Crippen molar-refractivity contribution in [2.45, 2.75) is 23.0 Å². The number of aromatic nitrogens is 1. The lowest BCUT2D eigenvalue weighted by molar-refractivity contribution is -0.124. The number of hydrogen-bond acceptors (Lipinski definition) is 8. The average Bonchev–Trinajstić information content (AvgIpc) is 3.38. The second-order valence-corrected chi connectivity index (χ2v) is 9.39. The number of hydrogen-bond donors (Lipinski definition) is 4. The van der Waals surface area contributed by atoms with Crippen molar-refractivity contribution in [2.24, 2.45) is 5.73 Å². The molecule has 32 heavy (non-hydrogen) atoms. The number of nitrogens with one attached hydrogen (secondary N) is 2. The smallest absolute Gasteiger partial charge is 0.253 e. The van der Waals surface area contributed by atoms with Crippen LogP contribution in [0, 0.1) is 0 Å². The Morgan fingerprint density at radius 1 is 1.16 bits per heavy atom. The van der Waals surface area contributed by atoms with Crippen molar-refractivity contribution in [3.05, 3.63) is 48.0 Å². The molecule has 166 valence electrons. The summed E-state index contributed by atoms with van der Waals surface area (Å²) in [7, 11) is 0. The van der Waals surface area contributed by atoms with Crippen LogP contribution >= 0.6 is 23.1 Å². The molecule has 0 aliphatic carbocycles. The van der Waals surface area contributed by atoms with Gasteiger partial charge in [0, 0.05) is 23.4 Å². The first-order valence-corrected chi connectivity index (χ1v) is 11.5. The third kappa shape index (κ3) is 5.43. The molecule has 4 rings (SSSR count). The lowest BCUT2D eigenvalue weighted by atomic mass is 10.2. The molecule has 1 fully saturated rings. The van der Waals surface area contributed by atoms with Crippen LogP contribution in [0.3, 0.4) is 0 Å². The second-order valence-electron chi connectivity index (χ2n) is 7.14. The summed E-state index contributed by atoms with van der Waals surface area (Å²) in [6, 6.07) is 11.7. The van der Waals surface area contributed by atoms with E-state index in [1.54, 1.807) is 36.4 Å². The van der Waals surface area contributed by atoms with Crippen molar-refractivity contribution < 1.29 is 24.2 Å². The summed E-state index contributed by atoms with van der Waals surface area (Å²) in [6.07, 6.45) is -0.980. The first-order valence-electron chi connectivity index (χ1n) is 9.71. The molecule has 9 nitrogen and oxygen atoms in total. The lowest BCUT2D eigenvalue weighted by Gasteiger charge is -2.10. The highest BCUT2D eigenvalue weighted by Crippen LogP contribution is 2.31. The summed E-state index contributed by atoms with van der Waals surface area (Å²) in [6.45, 7) is 0.165. The van der Waals surface area contributed by atoms with Gasteiger partial charge in [-0.15, -0.1) is 11.3 Å². The Kier molecular flexibility index (Phi) is 6.70. The molecule has 0 spiro atoms. The van der Waals surface area contributed by atoms with E-state index in [0.29, 0.717) is 16.9 Å². The Labute approximate surface area is 191 Å². The molecule has 1 aliphatic heterocycles. The minimum Gasteiger partial charge on any atom is -0.391 e. The number of amides is 3. The van der Waals surface area contributed by atoms with Crippen molar-refractivity contribution in [3.8, 4) is 0 Å². The Morgan fingerprint density at radius 3 is 2.59 bits per heavy atom. The molecule has 0 radical (unpaired) electrons. The number of primary amides is 1. The molecule has 3 aromatic rings. The zero-order valence-corrected chi connectivity index (χ0v) is 18.4. The molecular formula is C21H20N4O5S2. The van der Waals surface area contributed by atoms with Gasteiger partial charge in [-0.2, -0.15) is 0 Å². The Balaban J connectivity index is 1.33. The van der Waals surface area contributed by atoms with Crippen molar-refractivity contribution in [1.29, 1.82) is 0 Å². The molecule has 0 saturated carbocycles. The number of nitrogens with two attached hydrogens (primary N) is 1. The number of anilines is 2. The number of carbonyl (C=O) groups is 3. The fourth-order valence-corrected chi connectivity index (χ4v) is 5.01. The molecule has 1 aliphatic rings. The van der Waals surface area contributed by atoms with Gasteiger partial charge in [-0.05, 0) is 42.5 Å². The highest BCUT2D eigenvalue weighted by molar-refractivity contribution is 8.01. The molecule has 1 saturated heterocycles. The first kappa shape index (κ1) is 22.2. The maximum Gasteiger partial charge on any atom is 0.253 e. The third-order valence-electron chi connectivity index (χ3n) is 4.68. The minimum atomic E-state index is -0.654. The van der Waals surface area contributed by atoms with Gasteiger partial charge in [0.05, 0.1) is 28.7 Å². The minimum absolute atomic E-state index is 0.165. The van der Waals surface area contributed by atoms with Crippen LogP contribution in [0.4, 0.5) is 11.4 Å². The van der Waals surface area contributed by atoms with Gasteiger partial charge in [0.1, 0.15) is 6.10 Å². The van der Waals surface area contributed by atoms with E-state index in [1.807, 2.05) is 6.07 Å². The van der Waals surface area contributed by atoms with Gasteiger partial charge in [0.15, 0.2) is 4.34 Å². The van der Waals surface area contributed by atoms with E-state index in [9.17, 15) is 19.5 Å². The normalized spacial score (nSPS) is 17.9. The SMILES string of the molecule is NC(=O)c1ccc(NC(=O)CSc2nc3ccc(NC(=O)C4CC(O)CO4)cc3s2)cc1. The Bertz CT molecular complexity index is 1160. The van der Waals surface area contributed by atoms with E-state index in [2.05, 4.69) is 15.6 Å². The van der Waals surface area contributed by atoms with Gasteiger partial charge in [0.25, 0.3) is 5.91 Å². The summed E-state index contributed by atoms with van der Waals surface area (Å²) in [4.78, 5) is 40.1. The van der Waals surface area contributed by atoms with Crippen molar-refractivity contribution in [1.82, 2.24) is 4.98 Å². The van der Waals surface area contributed by atoms with Crippen LogP contribution in [0.2, 0.25) is 0 Å². The zero-order chi connectivity index (χ0) is 22.7. The molecule has 11 heteroatoms. The van der Waals surface area contributed by atoms with E-state index in [4.69, 9.17) is 10.5 Å². The van der Waals surface area contributed by atoms with Crippen LogP contribution in [0.15, 0.2) is 46.8 Å². The molecule has 0 bridgehead atoms. The van der Waals surface area contributed by atoms with Crippen molar-refractivity contribution in [2.75, 3.05) is 23.0 Å². The monoisotopic (exact) mass is 472 g/mol. The van der Waals surface area contributed by atoms with Gasteiger partial charge < -0.3 is 26.2 Å². The molecule has 2 unspecified atom stereocenters. The van der Waals surface area contributed by atoms with Gasteiger partial charge in [-0.1, -0.05) is 11.8 Å². The van der Waals surface area contributed by atoms with E-state index in [-0.39, 0.29) is 30.6 Å². The van der Waals surface area contributed by atoms with Crippen LogP contribution in [0.5, 0.6) is 0 Å². The number of carbonyl (C=O) groups excluding carboxylic acids is 3. The first-order chi connectivity index (χ1) is 15.4. The van der Waals surface area contributed by atoms with Crippen LogP contribution < -0.4 is 16.4 Å². The van der Waals surface area contributed by atoms with E-state index < -0.39 is 18.1 Å². The highest BCUT2D eigenvalue weighted by atomic mass is 32.2. The molecule has 3 amide bonds. The van der Waals surface area contributed by atoms with Crippen LogP contribution in [-0.4, -0.2) is 52.4 Å². The quantitative estimate of drug-likeness (QED) is 0.386. The predicted molar refractivity (Wildman–Crippen MR) is 123 cm³/mol. The van der Waals surface area contributed by atoms with Crippen LogP contribution in [-0.2, 0) is 14.3 Å². The van der Waals surface area contributed by atoms with E-state index >= 15 is 0 Å². The van der Waals surface area contributed by atoms with Crippen molar-refractivity contribution in [3.63, 3.8) is 0 Å². The molecule has 2 heterocycles. The summed E-state index contributed by atoms with van der Waals surface area (Å²) >= 11 is 2.73. The van der Waals surface area contributed by atoms with E-state index in [1.165, 1.54) is 23.1 Å². The van der Waals surface area contributed by atoms with Gasteiger partial charge >= 0.3 is 0 Å². The summed E-state index contributed by atoms with van der Waals surface area (Å²) < 4.78 is 6.87. The maximum absolute atomic E-state index is 12.3. The van der Waals surface area contributed by atoms with Gasteiger partial charge in [0.2, 0.25) is 11.8 Å². The molecule has 2 aromatic carbocycles. The fraction of sp³-hybridized carbons (Fsp3) is 0.238. The van der Waals surface area contributed by atoms with Crippen molar-refractivity contribution >= 4 is 62.4 Å². The van der Waals surface area contributed by atoms with Crippen LogP contribution in [0.25, 0.3) is 10.2 Å². The lowest BCUT2D eigenvalue weighted by Crippen LogP contribution is -2.27. The van der Waals surface area contributed by atoms with Crippen LogP contribution in [0.1, 0.15) is 16.8 Å². The van der Waals surface area contributed by atoms with Gasteiger partial charge in [-0.25, -0.2) is 4.98 Å². The number of ether oxygens (including phenoxy) is 1. The molecular weight excluding hydrogens is 452 g/mol. The number of benzene rings is 2. The topological polar surface area (TPSA) is 144 Å². The standard InChI is InChI=1S/C21H20N4O5S2/c22-19(28)11-1-3-12(4-2-11)23-18(27)10-31-21-25-15-6-5-13(7-17(15)32-21)24-20(29)16-8-14(26)9-30-16/h1-7,14,16,26H,8-10H2,(H2,22,28)(H,23,27)(H,24,29). The number of rotatable bonds is 7. The largest absolute Gasteiger partial charge is 0.391 e. The summed E-state index contributed by atoms with van der Waals surface area (Å²) in [5, 5.41) is 15.1. The number of thiazole rings is 1. The third-order valence-corrected chi connectivity index (χ3v) is 6.85. The maximum atomic E-state index is 12.3. The number of aliphatic hydroxyl groups is 1. The van der Waals surface area contributed by atoms with Gasteiger partial charge in [-0.3, -0.25) is 14.4 Å². The summed E-state index contributed by atoms with van der Waals surface area (Å²) in [5.41, 5.74) is 7.53. The fourth-order valence-electron chi connectivity index (χ4n) is 3.10. The molecule has 2 atom stereocenters. The molecule has 1 aromatic heterocycles. The highest BCUT2D eigenvalue weighted by Gasteiger charge is 2.29. The zero-order valence-electron chi connectivity index (χ0n) is 16.7. The molecule has 5 N–H and O–H groups in total. The number of fused-ring (bicyclic) bond motifs is 1. The average molecular weight is 473 g/mol. The van der Waals surface area contributed by atoms with E-state index in [0.717, 1.165) is 14.6 Å². The number of thioether (sulfide) groups is 1. The Morgan fingerprint density at radius 2 is 1.91 bits per heavy atom. The Hall–Kier alpha value is -2.99. The summed E-state index contributed by atoms with van der Waals surface area (Å²) in [5.74, 6) is -0.849. The number of nitrogens with zero attached hydrogens (tertiary/aromatic N) is 1. The predicted octanol–water partition coefficient (Wildman–Crippen LogP) is 2.21. The number of aliphatic hydroxyl groups excluding tert-OH is 1. The second kappa shape index (κ2) is 9.65.